The Balaban J connectivity index is 2.11. The molecule has 0 fully saturated rings. The average molecular weight is 308 g/mol. The van der Waals surface area contributed by atoms with Crippen LogP contribution in [0.3, 0.4) is 0 Å². The third-order valence-corrected chi connectivity index (χ3v) is 4.34. The standard InChI is InChI=1S/C14H16N2O4S/c1-2-16(13-6-4-3-5-7-13)21(18,19)15-14(17)10-12-8-9-20-11-12/h3-9,11H,2,10H2,1H3,(H,15,17). The van der Waals surface area contributed by atoms with Crippen LogP contribution in [0.15, 0.2) is 53.3 Å². The van der Waals surface area contributed by atoms with Gasteiger partial charge in [-0.2, -0.15) is 8.42 Å². The predicted molar refractivity (Wildman–Crippen MR) is 78.9 cm³/mol. The zero-order valence-corrected chi connectivity index (χ0v) is 12.3. The predicted octanol–water partition coefficient (Wildman–Crippen LogP) is 1.71. The van der Waals surface area contributed by atoms with Crippen molar-refractivity contribution in [2.24, 2.45) is 0 Å². The third kappa shape index (κ3) is 3.85. The Hall–Kier alpha value is -2.28. The molecule has 6 nitrogen and oxygen atoms in total. The highest BCUT2D eigenvalue weighted by atomic mass is 32.2. The Labute approximate surface area is 123 Å². The van der Waals surface area contributed by atoms with Crippen LogP contribution in [0.25, 0.3) is 0 Å². The van der Waals surface area contributed by atoms with Crippen LogP contribution in [0.2, 0.25) is 0 Å². The summed E-state index contributed by atoms with van der Waals surface area (Å²) in [5.74, 6) is -0.606. The lowest BCUT2D eigenvalue weighted by molar-refractivity contribution is -0.118. The second-order valence-electron chi connectivity index (χ2n) is 4.34. The zero-order chi connectivity index (χ0) is 15.3. The monoisotopic (exact) mass is 308 g/mol. The summed E-state index contributed by atoms with van der Waals surface area (Å²) in [4.78, 5) is 11.8. The van der Waals surface area contributed by atoms with Gasteiger partial charge in [0.25, 0.3) is 0 Å². The van der Waals surface area contributed by atoms with Crippen molar-refractivity contribution in [3.05, 3.63) is 54.5 Å². The molecule has 0 bridgehead atoms. The molecule has 1 N–H and O–H groups in total. The van der Waals surface area contributed by atoms with Gasteiger partial charge in [0.15, 0.2) is 0 Å². The minimum absolute atomic E-state index is 0.0535. The maximum absolute atomic E-state index is 12.3. The van der Waals surface area contributed by atoms with E-state index in [0.29, 0.717) is 11.3 Å². The normalized spacial score (nSPS) is 11.1. The smallest absolute Gasteiger partial charge is 0.326 e. The molecule has 0 saturated carbocycles. The summed E-state index contributed by atoms with van der Waals surface area (Å²) >= 11 is 0. The Morgan fingerprint density at radius 1 is 1.24 bits per heavy atom. The lowest BCUT2D eigenvalue weighted by atomic mass is 10.2. The maximum atomic E-state index is 12.3. The van der Waals surface area contributed by atoms with Gasteiger partial charge in [0.1, 0.15) is 0 Å². The topological polar surface area (TPSA) is 79.6 Å². The molecule has 0 aliphatic heterocycles. The van der Waals surface area contributed by atoms with Crippen molar-refractivity contribution in [3.8, 4) is 0 Å². The molecule has 0 spiro atoms. The van der Waals surface area contributed by atoms with Gasteiger partial charge in [0, 0.05) is 6.54 Å². The lowest BCUT2D eigenvalue weighted by Crippen LogP contribution is -2.44. The number of hydrogen-bond acceptors (Lipinski definition) is 4. The summed E-state index contributed by atoms with van der Waals surface area (Å²) < 4.78 is 32.6. The van der Waals surface area contributed by atoms with Gasteiger partial charge >= 0.3 is 10.2 Å². The molecule has 0 radical (unpaired) electrons. The molecular formula is C14H16N2O4S. The molecule has 21 heavy (non-hydrogen) atoms. The van der Waals surface area contributed by atoms with Crippen molar-refractivity contribution in [1.82, 2.24) is 4.72 Å². The number of carbonyl (C=O) groups excluding carboxylic acids is 1. The number of amides is 1. The van der Waals surface area contributed by atoms with Crippen molar-refractivity contribution in [2.45, 2.75) is 13.3 Å². The number of rotatable bonds is 6. The van der Waals surface area contributed by atoms with Crippen molar-refractivity contribution in [2.75, 3.05) is 10.8 Å². The number of hydrogen-bond donors (Lipinski definition) is 1. The Kier molecular flexibility index (Phi) is 4.64. The number of furan rings is 1. The molecule has 0 aliphatic carbocycles. The fourth-order valence-electron chi connectivity index (χ4n) is 1.90. The van der Waals surface area contributed by atoms with Crippen LogP contribution in [0, 0.1) is 0 Å². The van der Waals surface area contributed by atoms with Gasteiger partial charge in [0.2, 0.25) is 5.91 Å². The van der Waals surface area contributed by atoms with E-state index >= 15 is 0 Å². The van der Waals surface area contributed by atoms with Crippen LogP contribution >= 0.6 is 0 Å². The quantitative estimate of drug-likeness (QED) is 0.881. The largest absolute Gasteiger partial charge is 0.472 e. The Morgan fingerprint density at radius 3 is 2.52 bits per heavy atom. The molecular weight excluding hydrogens is 292 g/mol. The maximum Gasteiger partial charge on any atom is 0.326 e. The second kappa shape index (κ2) is 6.45. The number of benzene rings is 1. The highest BCUT2D eigenvalue weighted by molar-refractivity contribution is 7.91. The van der Waals surface area contributed by atoms with Gasteiger partial charge in [-0.3, -0.25) is 9.10 Å². The molecule has 2 rings (SSSR count). The SMILES string of the molecule is CCN(c1ccccc1)S(=O)(=O)NC(=O)Cc1ccoc1. The summed E-state index contributed by atoms with van der Waals surface area (Å²) in [7, 11) is -3.92. The molecule has 0 saturated heterocycles. The van der Waals surface area contributed by atoms with Crippen LogP contribution in [0.4, 0.5) is 5.69 Å². The third-order valence-electron chi connectivity index (χ3n) is 2.81. The first-order valence-corrected chi connectivity index (χ1v) is 7.86. The van der Waals surface area contributed by atoms with E-state index in [2.05, 4.69) is 4.72 Å². The second-order valence-corrected chi connectivity index (χ2v) is 5.93. The van der Waals surface area contributed by atoms with E-state index in [9.17, 15) is 13.2 Å². The molecule has 2 aromatic rings. The molecule has 0 unspecified atom stereocenters. The van der Waals surface area contributed by atoms with Gasteiger partial charge in [-0.05, 0) is 30.7 Å². The molecule has 1 heterocycles. The van der Waals surface area contributed by atoms with Crippen LogP contribution in [0.1, 0.15) is 12.5 Å². The molecule has 1 amide bonds. The van der Waals surface area contributed by atoms with Crippen molar-refractivity contribution in [1.29, 1.82) is 0 Å². The van der Waals surface area contributed by atoms with E-state index < -0.39 is 16.1 Å². The first-order valence-electron chi connectivity index (χ1n) is 6.42. The van der Waals surface area contributed by atoms with Crippen molar-refractivity contribution in [3.63, 3.8) is 0 Å². The summed E-state index contributed by atoms with van der Waals surface area (Å²) in [6.45, 7) is 1.92. The van der Waals surface area contributed by atoms with Crippen molar-refractivity contribution < 1.29 is 17.6 Å². The van der Waals surface area contributed by atoms with Gasteiger partial charge in [-0.25, -0.2) is 4.72 Å². The summed E-state index contributed by atoms with van der Waals surface area (Å²) in [5, 5.41) is 0. The fraction of sp³-hybridized carbons (Fsp3) is 0.214. The first kappa shape index (κ1) is 15.1. The van der Waals surface area contributed by atoms with E-state index in [1.165, 1.54) is 12.5 Å². The van der Waals surface area contributed by atoms with Crippen LogP contribution in [-0.4, -0.2) is 20.9 Å². The Morgan fingerprint density at radius 2 is 1.95 bits per heavy atom. The first-order chi connectivity index (χ1) is 10.0. The van der Waals surface area contributed by atoms with Crippen LogP contribution in [-0.2, 0) is 21.4 Å². The van der Waals surface area contributed by atoms with E-state index in [1.807, 2.05) is 0 Å². The number of nitrogens with zero attached hydrogens (tertiary/aromatic N) is 1. The van der Waals surface area contributed by atoms with Gasteiger partial charge in [-0.15, -0.1) is 0 Å². The Bertz CT molecular complexity index is 681. The van der Waals surface area contributed by atoms with Crippen LogP contribution < -0.4 is 9.03 Å². The molecule has 1 aromatic carbocycles. The van der Waals surface area contributed by atoms with Gasteiger partial charge in [0.05, 0.1) is 24.6 Å². The molecule has 112 valence electrons. The minimum Gasteiger partial charge on any atom is -0.472 e. The summed E-state index contributed by atoms with van der Waals surface area (Å²) in [6, 6.07) is 10.2. The lowest BCUT2D eigenvalue weighted by Gasteiger charge is -2.22. The zero-order valence-electron chi connectivity index (χ0n) is 11.5. The number of nitrogens with one attached hydrogen (secondary N) is 1. The summed E-state index contributed by atoms with van der Waals surface area (Å²) in [5.41, 5.74) is 1.12. The van der Waals surface area contributed by atoms with E-state index in [0.717, 1.165) is 4.31 Å². The van der Waals surface area contributed by atoms with E-state index in [1.54, 1.807) is 43.3 Å². The van der Waals surface area contributed by atoms with E-state index in [-0.39, 0.29) is 13.0 Å². The van der Waals surface area contributed by atoms with Gasteiger partial charge in [-0.1, -0.05) is 18.2 Å². The highest BCUT2D eigenvalue weighted by Gasteiger charge is 2.23. The van der Waals surface area contributed by atoms with Gasteiger partial charge < -0.3 is 4.42 Å². The number of carbonyl (C=O) groups is 1. The van der Waals surface area contributed by atoms with Crippen molar-refractivity contribution >= 4 is 21.8 Å². The number of anilines is 1. The number of para-hydroxylation sites is 1. The molecule has 7 heteroatoms. The fourth-order valence-corrected chi connectivity index (χ4v) is 3.11. The molecule has 0 aliphatic rings. The molecule has 1 aromatic heterocycles. The van der Waals surface area contributed by atoms with E-state index in [4.69, 9.17) is 4.42 Å². The highest BCUT2D eigenvalue weighted by Crippen LogP contribution is 2.16. The minimum atomic E-state index is -3.92. The summed E-state index contributed by atoms with van der Waals surface area (Å²) in [6.07, 6.45) is 2.78. The average Bonchev–Trinajstić information content (AvgIpc) is 2.92. The van der Waals surface area contributed by atoms with Crippen LogP contribution in [0.5, 0.6) is 0 Å². The molecule has 0 atom stereocenters.